The molecule has 0 bridgehead atoms. The van der Waals surface area contributed by atoms with E-state index in [4.69, 9.17) is 4.74 Å². The molecule has 0 saturated carbocycles. The number of hydrogen-bond acceptors (Lipinski definition) is 6. The van der Waals surface area contributed by atoms with Gasteiger partial charge in [0.2, 0.25) is 5.82 Å². The number of pyridine rings is 1. The zero-order valence-corrected chi connectivity index (χ0v) is 19.6. The molecule has 0 spiro atoms. The number of esters is 1. The normalized spacial score (nSPS) is 11.3. The molecule has 0 saturated heterocycles. The predicted octanol–water partition coefficient (Wildman–Crippen LogP) is 6.41. The van der Waals surface area contributed by atoms with E-state index < -0.39 is 4.92 Å². The highest BCUT2D eigenvalue weighted by atomic mass is 79.9. The fourth-order valence-electron chi connectivity index (χ4n) is 2.28. The number of carbonyl (C=O) groups excluding carboxylic acids is 1. The summed E-state index contributed by atoms with van der Waals surface area (Å²) in [5.41, 5.74) is 2.22. The maximum Gasteiger partial charge on any atom is 0.312 e. The Morgan fingerprint density at radius 2 is 1.84 bits per heavy atom. The molecular formula is C22H25BrFN3O4. The number of rotatable bonds is 7. The Kier molecular flexibility index (Phi) is 10.5. The summed E-state index contributed by atoms with van der Waals surface area (Å²) in [6, 6.07) is 7.02. The van der Waals surface area contributed by atoms with E-state index in [0.717, 1.165) is 5.57 Å². The molecule has 1 aromatic heterocycles. The summed E-state index contributed by atoms with van der Waals surface area (Å²) in [6.45, 7) is 9.00. The van der Waals surface area contributed by atoms with Crippen molar-refractivity contribution in [2.24, 2.45) is 0 Å². The van der Waals surface area contributed by atoms with Crippen LogP contribution in [0.2, 0.25) is 0 Å². The molecule has 7 nitrogen and oxygen atoms in total. The van der Waals surface area contributed by atoms with Crippen LogP contribution >= 0.6 is 15.9 Å². The first-order chi connectivity index (χ1) is 14.7. The summed E-state index contributed by atoms with van der Waals surface area (Å²) in [5, 5.41) is 14.4. The average Bonchev–Trinajstić information content (AvgIpc) is 2.73. The Balaban J connectivity index is 0.00000233. The Hall–Kier alpha value is -3.07. The lowest BCUT2D eigenvalue weighted by molar-refractivity contribution is -0.384. The predicted molar refractivity (Wildman–Crippen MR) is 123 cm³/mol. The van der Waals surface area contributed by atoms with Crippen LogP contribution < -0.4 is 5.32 Å². The molecule has 1 N–H and O–H groups in total. The van der Waals surface area contributed by atoms with Crippen molar-refractivity contribution in [3.05, 3.63) is 74.2 Å². The van der Waals surface area contributed by atoms with Gasteiger partial charge in [-0.25, -0.2) is 9.37 Å². The summed E-state index contributed by atoms with van der Waals surface area (Å²) in [6.07, 6.45) is 3.43. The van der Waals surface area contributed by atoms with Crippen molar-refractivity contribution in [3.8, 4) is 11.3 Å². The van der Waals surface area contributed by atoms with E-state index in [1.54, 1.807) is 38.1 Å². The molecular weight excluding hydrogens is 469 g/mol. The van der Waals surface area contributed by atoms with Gasteiger partial charge >= 0.3 is 11.7 Å². The minimum Gasteiger partial charge on any atom is -0.461 e. The zero-order chi connectivity index (χ0) is 23.6. The molecule has 0 aliphatic heterocycles. The number of aromatic nitrogens is 1. The van der Waals surface area contributed by atoms with Crippen molar-refractivity contribution >= 4 is 33.4 Å². The molecule has 31 heavy (non-hydrogen) atoms. The molecule has 166 valence electrons. The van der Waals surface area contributed by atoms with Gasteiger partial charge in [-0.3, -0.25) is 14.9 Å². The summed E-state index contributed by atoms with van der Waals surface area (Å²) in [4.78, 5) is 26.1. The van der Waals surface area contributed by atoms with Crippen LogP contribution in [0.4, 0.5) is 15.9 Å². The minimum absolute atomic E-state index is 0.0531. The summed E-state index contributed by atoms with van der Waals surface area (Å²) in [5.74, 6) is -0.711. The number of allylic oxidation sites excluding steroid dienone is 3. The standard InChI is InChI=1S/C20H19BrFN3O4.C2H6/c1-12(11-29-14(3)26)4-5-13(2)23-20-18(25(27)28)10-17(21)19(24-20)15-6-8-16(22)9-7-15;1-2/h4-10H,11H2,1-3H3,(H,23,24);1-2H3/b12-4+,13-5+;. The zero-order valence-electron chi connectivity index (χ0n) is 18.0. The van der Waals surface area contributed by atoms with Crippen molar-refractivity contribution < 1.29 is 18.8 Å². The third-order valence-corrected chi connectivity index (χ3v) is 4.31. The van der Waals surface area contributed by atoms with E-state index >= 15 is 0 Å². The van der Waals surface area contributed by atoms with Gasteiger partial charge in [-0.05, 0) is 65.7 Å². The number of nitrogens with zero attached hydrogens (tertiary/aromatic N) is 2. The van der Waals surface area contributed by atoms with Crippen LogP contribution in [0, 0.1) is 15.9 Å². The van der Waals surface area contributed by atoms with E-state index in [0.29, 0.717) is 21.4 Å². The number of anilines is 1. The highest BCUT2D eigenvalue weighted by Crippen LogP contribution is 2.34. The van der Waals surface area contributed by atoms with Gasteiger partial charge in [0.15, 0.2) is 0 Å². The van der Waals surface area contributed by atoms with Crippen molar-refractivity contribution in [2.45, 2.75) is 34.6 Å². The molecule has 0 amide bonds. The molecule has 0 fully saturated rings. The largest absolute Gasteiger partial charge is 0.461 e. The van der Waals surface area contributed by atoms with Crippen molar-refractivity contribution in [2.75, 3.05) is 11.9 Å². The number of nitro groups is 1. The van der Waals surface area contributed by atoms with Gasteiger partial charge in [-0.2, -0.15) is 0 Å². The SMILES string of the molecule is CC.CC(=O)OC/C(C)=C/C=C(\C)Nc1nc(-c2ccc(F)cc2)c(Br)cc1[N+](=O)[O-]. The van der Waals surface area contributed by atoms with Crippen LogP contribution in [0.25, 0.3) is 11.3 Å². The molecule has 0 atom stereocenters. The van der Waals surface area contributed by atoms with Crippen LogP contribution in [0.5, 0.6) is 0 Å². The topological polar surface area (TPSA) is 94.4 Å². The minimum atomic E-state index is -0.538. The molecule has 0 aliphatic carbocycles. The number of ether oxygens (including phenoxy) is 1. The first-order valence-electron chi connectivity index (χ1n) is 9.52. The molecule has 0 radical (unpaired) electrons. The fourth-order valence-corrected chi connectivity index (χ4v) is 2.81. The lowest BCUT2D eigenvalue weighted by atomic mass is 10.1. The van der Waals surface area contributed by atoms with Crippen LogP contribution in [-0.4, -0.2) is 22.5 Å². The first kappa shape index (κ1) is 26.0. The Morgan fingerprint density at radius 3 is 2.39 bits per heavy atom. The molecule has 0 unspecified atom stereocenters. The van der Waals surface area contributed by atoms with Crippen LogP contribution in [-0.2, 0) is 9.53 Å². The number of benzene rings is 1. The molecule has 0 aliphatic rings. The van der Waals surface area contributed by atoms with E-state index in [2.05, 4.69) is 26.2 Å². The number of carbonyl (C=O) groups is 1. The second kappa shape index (κ2) is 12.6. The number of nitrogens with one attached hydrogen (secondary N) is 1. The maximum atomic E-state index is 13.2. The van der Waals surface area contributed by atoms with Gasteiger partial charge in [-0.1, -0.05) is 19.9 Å². The quantitative estimate of drug-likeness (QED) is 0.207. The maximum absolute atomic E-state index is 13.2. The van der Waals surface area contributed by atoms with Crippen LogP contribution in [0.3, 0.4) is 0 Å². The molecule has 2 rings (SSSR count). The molecule has 2 aromatic rings. The summed E-state index contributed by atoms with van der Waals surface area (Å²) >= 11 is 3.30. The summed E-state index contributed by atoms with van der Waals surface area (Å²) < 4.78 is 18.5. The van der Waals surface area contributed by atoms with E-state index in [1.165, 1.54) is 25.1 Å². The lowest BCUT2D eigenvalue weighted by Gasteiger charge is -2.10. The second-order valence-corrected chi connectivity index (χ2v) is 7.07. The van der Waals surface area contributed by atoms with Gasteiger partial charge in [-0.15, -0.1) is 0 Å². The Morgan fingerprint density at radius 1 is 1.23 bits per heavy atom. The monoisotopic (exact) mass is 493 g/mol. The third-order valence-electron chi connectivity index (χ3n) is 3.71. The molecule has 9 heteroatoms. The Bertz CT molecular complexity index is 989. The second-order valence-electron chi connectivity index (χ2n) is 6.22. The van der Waals surface area contributed by atoms with E-state index in [1.807, 2.05) is 13.8 Å². The third kappa shape index (κ3) is 8.29. The van der Waals surface area contributed by atoms with Crippen molar-refractivity contribution in [3.63, 3.8) is 0 Å². The van der Waals surface area contributed by atoms with E-state index in [-0.39, 0.29) is 29.9 Å². The van der Waals surface area contributed by atoms with Crippen molar-refractivity contribution in [1.29, 1.82) is 0 Å². The Labute approximate surface area is 189 Å². The smallest absolute Gasteiger partial charge is 0.312 e. The number of hydrogen-bond donors (Lipinski definition) is 1. The van der Waals surface area contributed by atoms with Crippen LogP contribution in [0.1, 0.15) is 34.6 Å². The van der Waals surface area contributed by atoms with Gasteiger partial charge in [0.1, 0.15) is 12.4 Å². The highest BCUT2D eigenvalue weighted by Gasteiger charge is 2.20. The summed E-state index contributed by atoms with van der Waals surface area (Å²) in [7, 11) is 0. The molecule has 1 aromatic carbocycles. The first-order valence-corrected chi connectivity index (χ1v) is 10.3. The van der Waals surface area contributed by atoms with Gasteiger partial charge in [0.25, 0.3) is 0 Å². The fraction of sp³-hybridized carbons (Fsp3) is 0.273. The van der Waals surface area contributed by atoms with Gasteiger partial charge < -0.3 is 10.1 Å². The van der Waals surface area contributed by atoms with Crippen molar-refractivity contribution in [1.82, 2.24) is 4.98 Å². The van der Waals surface area contributed by atoms with Crippen LogP contribution in [0.15, 0.2) is 58.2 Å². The van der Waals surface area contributed by atoms with Gasteiger partial charge in [0, 0.05) is 24.3 Å². The van der Waals surface area contributed by atoms with E-state index in [9.17, 15) is 19.3 Å². The lowest BCUT2D eigenvalue weighted by Crippen LogP contribution is -2.04. The number of halogens is 2. The van der Waals surface area contributed by atoms with Gasteiger partial charge in [0.05, 0.1) is 15.1 Å². The average molecular weight is 494 g/mol. The molecule has 1 heterocycles. The highest BCUT2D eigenvalue weighted by molar-refractivity contribution is 9.10.